The Morgan fingerprint density at radius 1 is 1.04 bits per heavy atom. The topological polar surface area (TPSA) is 26.3 Å². The first-order chi connectivity index (χ1) is 11.5. The van der Waals surface area contributed by atoms with Crippen LogP contribution in [0.5, 0.6) is 5.75 Å². The van der Waals surface area contributed by atoms with Crippen LogP contribution in [0.2, 0.25) is 0 Å². The fraction of sp³-hybridized carbons (Fsp3) is 0.550. The molecule has 0 atom stereocenters. The van der Waals surface area contributed by atoms with Crippen molar-refractivity contribution < 1.29 is 18.3 Å². The van der Waals surface area contributed by atoms with Gasteiger partial charge in [0, 0.05) is 5.41 Å². The molecule has 0 heterocycles. The zero-order chi connectivity index (χ0) is 16.7. The first kappa shape index (κ1) is 15.8. The number of ketones is 1. The Hall–Kier alpha value is -1.71. The number of halogens is 2. The summed E-state index contributed by atoms with van der Waals surface area (Å²) in [6, 6.07) is 6.39. The van der Waals surface area contributed by atoms with Crippen molar-refractivity contribution in [1.29, 1.82) is 0 Å². The summed E-state index contributed by atoms with van der Waals surface area (Å²) in [7, 11) is 0. The predicted molar refractivity (Wildman–Crippen MR) is 87.7 cm³/mol. The van der Waals surface area contributed by atoms with Crippen molar-refractivity contribution in [3.05, 3.63) is 35.9 Å². The molecule has 24 heavy (non-hydrogen) atoms. The van der Waals surface area contributed by atoms with Crippen LogP contribution in [0.3, 0.4) is 0 Å². The van der Waals surface area contributed by atoms with Gasteiger partial charge >= 0.3 is 6.61 Å². The van der Waals surface area contributed by atoms with E-state index in [1.54, 1.807) is 24.3 Å². The number of hydrogen-bond acceptors (Lipinski definition) is 2. The molecule has 5 rings (SSSR count). The summed E-state index contributed by atoms with van der Waals surface area (Å²) in [5, 5.41) is 0. The molecule has 2 nitrogen and oxygen atoms in total. The second-order valence-electron chi connectivity index (χ2n) is 7.84. The first-order valence-corrected chi connectivity index (χ1v) is 8.80. The molecule has 0 radical (unpaired) electrons. The maximum atomic E-state index is 12.9. The summed E-state index contributed by atoms with van der Waals surface area (Å²) in [6.07, 6.45) is 10.6. The van der Waals surface area contributed by atoms with Gasteiger partial charge in [-0.3, -0.25) is 4.79 Å². The van der Waals surface area contributed by atoms with Crippen LogP contribution in [-0.2, 0) is 4.79 Å². The van der Waals surface area contributed by atoms with Gasteiger partial charge in [0.15, 0.2) is 5.78 Å². The molecule has 128 valence electrons. The fourth-order valence-corrected chi connectivity index (χ4v) is 5.52. The Labute approximate surface area is 140 Å². The summed E-state index contributed by atoms with van der Waals surface area (Å²) >= 11 is 0. The maximum Gasteiger partial charge on any atom is 0.387 e. The molecule has 0 aromatic heterocycles. The number of allylic oxidation sites excluding steroid dienone is 1. The number of carbonyl (C=O) groups is 1. The Balaban J connectivity index is 1.45. The maximum absolute atomic E-state index is 12.9. The van der Waals surface area contributed by atoms with Gasteiger partial charge in [0.25, 0.3) is 0 Å². The molecule has 4 bridgehead atoms. The van der Waals surface area contributed by atoms with Crippen LogP contribution in [0.1, 0.15) is 44.1 Å². The Morgan fingerprint density at radius 3 is 2.08 bits per heavy atom. The molecular weight excluding hydrogens is 310 g/mol. The number of alkyl halides is 2. The van der Waals surface area contributed by atoms with E-state index in [0.29, 0.717) is 0 Å². The Kier molecular flexibility index (Phi) is 3.93. The van der Waals surface area contributed by atoms with Gasteiger partial charge in [0.05, 0.1) is 0 Å². The number of hydrogen-bond donors (Lipinski definition) is 0. The molecule has 0 aliphatic heterocycles. The molecule has 4 aliphatic carbocycles. The van der Waals surface area contributed by atoms with Gasteiger partial charge in [-0.05, 0) is 80.1 Å². The number of carbonyl (C=O) groups excluding carboxylic acids is 1. The number of rotatable bonds is 5. The molecule has 4 fully saturated rings. The van der Waals surface area contributed by atoms with Crippen LogP contribution in [0.4, 0.5) is 8.78 Å². The van der Waals surface area contributed by atoms with Crippen LogP contribution in [-0.4, -0.2) is 12.4 Å². The van der Waals surface area contributed by atoms with Gasteiger partial charge in [-0.25, -0.2) is 0 Å². The minimum absolute atomic E-state index is 0.121. The molecule has 0 saturated heterocycles. The van der Waals surface area contributed by atoms with E-state index in [4.69, 9.17) is 0 Å². The van der Waals surface area contributed by atoms with Crippen LogP contribution in [0.15, 0.2) is 30.3 Å². The smallest absolute Gasteiger partial charge is 0.387 e. The molecular formula is C20H22F2O2. The van der Waals surface area contributed by atoms with E-state index in [1.165, 1.54) is 31.4 Å². The van der Waals surface area contributed by atoms with Crippen molar-refractivity contribution in [2.24, 2.45) is 23.2 Å². The number of ether oxygens (including phenoxy) is 1. The summed E-state index contributed by atoms with van der Waals surface area (Å²) in [5.41, 5.74) is 0.707. The highest BCUT2D eigenvalue weighted by Gasteiger charge is 2.53. The largest absolute Gasteiger partial charge is 0.435 e. The molecule has 4 heteroatoms. The van der Waals surface area contributed by atoms with Crippen LogP contribution >= 0.6 is 0 Å². The molecule has 1 aromatic rings. The van der Waals surface area contributed by atoms with Crippen molar-refractivity contribution in [2.45, 2.75) is 45.1 Å². The third-order valence-corrected chi connectivity index (χ3v) is 6.09. The van der Waals surface area contributed by atoms with Crippen molar-refractivity contribution in [2.75, 3.05) is 0 Å². The van der Waals surface area contributed by atoms with Gasteiger partial charge in [-0.1, -0.05) is 18.2 Å². The minimum atomic E-state index is -2.82. The van der Waals surface area contributed by atoms with E-state index in [2.05, 4.69) is 4.74 Å². The van der Waals surface area contributed by atoms with E-state index in [-0.39, 0.29) is 16.9 Å². The molecule has 1 aromatic carbocycles. The normalized spacial score (nSPS) is 34.2. The van der Waals surface area contributed by atoms with Gasteiger partial charge in [-0.15, -0.1) is 0 Å². The molecule has 0 N–H and O–H groups in total. The summed E-state index contributed by atoms with van der Waals surface area (Å²) in [5.74, 6) is 2.64. The highest BCUT2D eigenvalue weighted by molar-refractivity contribution is 5.98. The fourth-order valence-electron chi connectivity index (χ4n) is 5.52. The van der Waals surface area contributed by atoms with E-state index in [0.717, 1.165) is 42.6 Å². The van der Waals surface area contributed by atoms with Crippen LogP contribution < -0.4 is 4.74 Å². The zero-order valence-corrected chi connectivity index (χ0v) is 13.6. The highest BCUT2D eigenvalue weighted by Crippen LogP contribution is 2.60. The lowest BCUT2D eigenvalue weighted by atomic mass is 9.48. The Bertz CT molecular complexity index is 613. The van der Waals surface area contributed by atoms with Crippen molar-refractivity contribution in [3.63, 3.8) is 0 Å². The van der Waals surface area contributed by atoms with Crippen molar-refractivity contribution in [3.8, 4) is 5.75 Å². The summed E-state index contributed by atoms with van der Waals surface area (Å²) in [4.78, 5) is 12.9. The average molecular weight is 332 g/mol. The third kappa shape index (κ3) is 2.99. The van der Waals surface area contributed by atoms with Gasteiger partial charge in [-0.2, -0.15) is 8.78 Å². The minimum Gasteiger partial charge on any atom is -0.435 e. The van der Waals surface area contributed by atoms with Gasteiger partial charge < -0.3 is 4.74 Å². The SMILES string of the molecule is O=C(/C=C/c1ccc(OC(F)F)cc1)C12CC3CC(CC(C3)C1)C2. The van der Waals surface area contributed by atoms with E-state index in [1.807, 2.05) is 0 Å². The lowest BCUT2D eigenvalue weighted by Gasteiger charge is -2.55. The molecule has 4 aliphatic rings. The van der Waals surface area contributed by atoms with Crippen molar-refractivity contribution in [1.82, 2.24) is 0 Å². The van der Waals surface area contributed by atoms with Crippen LogP contribution in [0.25, 0.3) is 6.08 Å². The average Bonchev–Trinajstić information content (AvgIpc) is 2.52. The molecule has 0 spiro atoms. The summed E-state index contributed by atoms with van der Waals surface area (Å²) < 4.78 is 28.6. The second-order valence-corrected chi connectivity index (χ2v) is 7.84. The lowest BCUT2D eigenvalue weighted by Crippen LogP contribution is -2.49. The molecule has 0 unspecified atom stereocenters. The first-order valence-electron chi connectivity index (χ1n) is 8.80. The third-order valence-electron chi connectivity index (χ3n) is 6.09. The molecule has 4 saturated carbocycles. The second kappa shape index (κ2) is 5.98. The van der Waals surface area contributed by atoms with E-state index >= 15 is 0 Å². The van der Waals surface area contributed by atoms with Gasteiger partial charge in [0.2, 0.25) is 0 Å². The summed E-state index contributed by atoms with van der Waals surface area (Å²) in [6.45, 7) is -2.82. The Morgan fingerprint density at radius 2 is 1.58 bits per heavy atom. The number of benzene rings is 1. The van der Waals surface area contributed by atoms with Crippen molar-refractivity contribution >= 4 is 11.9 Å². The highest BCUT2D eigenvalue weighted by atomic mass is 19.3. The zero-order valence-electron chi connectivity index (χ0n) is 13.6. The standard InChI is InChI=1S/C20H22F2O2/c21-19(22)24-17-4-1-13(2-5-17)3-6-18(23)20-10-14-7-15(11-20)9-16(8-14)12-20/h1-6,14-16,19H,7-12H2/b6-3+. The van der Waals surface area contributed by atoms with Gasteiger partial charge in [0.1, 0.15) is 5.75 Å². The quantitative estimate of drug-likeness (QED) is 0.702. The van der Waals surface area contributed by atoms with E-state index in [9.17, 15) is 13.6 Å². The molecule has 0 amide bonds. The predicted octanol–water partition coefficient (Wildman–Crippen LogP) is 5.09. The monoisotopic (exact) mass is 332 g/mol. The van der Waals surface area contributed by atoms with Crippen LogP contribution in [0, 0.1) is 23.2 Å². The van der Waals surface area contributed by atoms with E-state index < -0.39 is 6.61 Å². The lowest BCUT2D eigenvalue weighted by molar-refractivity contribution is -0.138.